The highest BCUT2D eigenvalue weighted by atomic mass is 16.1. The average molecular weight is 280 g/mol. The minimum Gasteiger partial charge on any atom is -0.295 e. The highest BCUT2D eigenvalue weighted by Gasteiger charge is 2.40. The third-order valence-corrected chi connectivity index (χ3v) is 5.46. The van der Waals surface area contributed by atoms with E-state index in [9.17, 15) is 4.79 Å². The van der Waals surface area contributed by atoms with Gasteiger partial charge in [-0.1, -0.05) is 47.6 Å². The maximum atomic E-state index is 12.3. The molecule has 0 unspecified atom stereocenters. The maximum Gasteiger partial charge on any atom is 0.156 e. The molecular weight excluding hydrogens is 256 g/mol. The average Bonchev–Trinajstić information content (AvgIpc) is 2.58. The summed E-state index contributed by atoms with van der Waals surface area (Å²) >= 11 is 0. The molecule has 1 nitrogen and oxygen atoms in total. The van der Waals surface area contributed by atoms with Crippen LogP contribution in [0.25, 0.3) is 0 Å². The predicted octanol–water partition coefficient (Wildman–Crippen LogP) is 4.88. The van der Waals surface area contributed by atoms with E-state index in [0.29, 0.717) is 18.1 Å². The van der Waals surface area contributed by atoms with E-state index in [1.807, 2.05) is 6.08 Å². The van der Waals surface area contributed by atoms with Crippen molar-refractivity contribution in [3.05, 3.63) is 59.2 Å². The van der Waals surface area contributed by atoms with Crippen LogP contribution < -0.4 is 0 Å². The number of carbonyl (C=O) groups excluding carboxylic acids is 1. The van der Waals surface area contributed by atoms with E-state index < -0.39 is 0 Å². The Kier molecular flexibility index (Phi) is 3.84. The van der Waals surface area contributed by atoms with Crippen molar-refractivity contribution in [3.8, 4) is 0 Å². The molecule has 1 heteroatoms. The molecule has 2 aliphatic carbocycles. The highest BCUT2D eigenvalue weighted by molar-refractivity contribution is 5.91. The molecule has 2 atom stereocenters. The molecule has 0 heterocycles. The largest absolute Gasteiger partial charge is 0.295 e. The third kappa shape index (κ3) is 2.88. The fourth-order valence-electron chi connectivity index (χ4n) is 3.98. The molecule has 2 aliphatic rings. The van der Waals surface area contributed by atoms with E-state index in [-0.39, 0.29) is 5.41 Å². The SMILES string of the molecule is CC1=CC(=O)C[C@]2(CCc3ccccc3)C[C@H]1CC=C2C. The van der Waals surface area contributed by atoms with Gasteiger partial charge in [0.1, 0.15) is 0 Å². The van der Waals surface area contributed by atoms with Gasteiger partial charge in [-0.15, -0.1) is 0 Å². The van der Waals surface area contributed by atoms with Gasteiger partial charge < -0.3 is 0 Å². The number of rotatable bonds is 3. The van der Waals surface area contributed by atoms with Crippen molar-refractivity contribution >= 4 is 5.78 Å². The van der Waals surface area contributed by atoms with Crippen LogP contribution in [0.4, 0.5) is 0 Å². The Morgan fingerprint density at radius 3 is 2.71 bits per heavy atom. The van der Waals surface area contributed by atoms with E-state index in [0.717, 1.165) is 25.7 Å². The van der Waals surface area contributed by atoms with Crippen LogP contribution in [0.3, 0.4) is 0 Å². The summed E-state index contributed by atoms with van der Waals surface area (Å²) in [7, 11) is 0. The zero-order valence-corrected chi connectivity index (χ0v) is 13.1. The van der Waals surface area contributed by atoms with Gasteiger partial charge >= 0.3 is 0 Å². The van der Waals surface area contributed by atoms with Gasteiger partial charge in [-0.25, -0.2) is 0 Å². The molecule has 0 amide bonds. The van der Waals surface area contributed by atoms with Crippen LogP contribution >= 0.6 is 0 Å². The molecule has 0 saturated heterocycles. The van der Waals surface area contributed by atoms with Crippen molar-refractivity contribution in [2.24, 2.45) is 11.3 Å². The molecular formula is C20H24O. The second-order valence-electron chi connectivity index (χ2n) is 6.82. The summed E-state index contributed by atoms with van der Waals surface area (Å²) in [6.07, 6.45) is 9.38. The van der Waals surface area contributed by atoms with E-state index in [4.69, 9.17) is 0 Å². The molecule has 1 aromatic rings. The lowest BCUT2D eigenvalue weighted by atomic mass is 9.64. The molecule has 3 rings (SSSR count). The van der Waals surface area contributed by atoms with Gasteiger partial charge in [0.05, 0.1) is 0 Å². The van der Waals surface area contributed by atoms with Crippen LogP contribution in [-0.2, 0) is 11.2 Å². The first-order valence-electron chi connectivity index (χ1n) is 8.01. The fourth-order valence-corrected chi connectivity index (χ4v) is 3.98. The number of ketones is 1. The summed E-state index contributed by atoms with van der Waals surface area (Å²) in [4.78, 5) is 12.3. The Morgan fingerprint density at radius 2 is 1.95 bits per heavy atom. The van der Waals surface area contributed by atoms with Crippen LogP contribution in [-0.4, -0.2) is 5.78 Å². The van der Waals surface area contributed by atoms with Gasteiger partial charge in [0, 0.05) is 6.42 Å². The molecule has 1 aromatic carbocycles. The number of hydrogen-bond acceptors (Lipinski definition) is 1. The number of aryl methyl sites for hydroxylation is 1. The standard InChI is InChI=1S/C20H24O/c1-15-12-19(21)14-20(13-18(15)9-8-16(20)2)11-10-17-6-4-3-5-7-17/h3-8,12,18H,9-11,13-14H2,1-2H3/t18-,20+/m1/s1. The Bertz CT molecular complexity index is 594. The summed E-state index contributed by atoms with van der Waals surface area (Å²) in [5, 5.41) is 0. The Labute approximate surface area is 127 Å². The van der Waals surface area contributed by atoms with Crippen LogP contribution in [0.1, 0.15) is 45.1 Å². The zero-order chi connectivity index (χ0) is 14.9. The van der Waals surface area contributed by atoms with Crippen LogP contribution in [0.2, 0.25) is 0 Å². The second-order valence-corrected chi connectivity index (χ2v) is 6.82. The first kappa shape index (κ1) is 14.3. The van der Waals surface area contributed by atoms with Crippen molar-refractivity contribution in [2.75, 3.05) is 0 Å². The Balaban J connectivity index is 1.85. The van der Waals surface area contributed by atoms with Crippen molar-refractivity contribution in [1.82, 2.24) is 0 Å². The minimum absolute atomic E-state index is 0.0874. The molecule has 0 aliphatic heterocycles. The predicted molar refractivity (Wildman–Crippen MR) is 87.1 cm³/mol. The van der Waals surface area contributed by atoms with Crippen molar-refractivity contribution < 1.29 is 4.79 Å². The monoisotopic (exact) mass is 280 g/mol. The second kappa shape index (κ2) is 5.63. The fraction of sp³-hybridized carbons (Fsp3) is 0.450. The molecule has 2 bridgehead atoms. The van der Waals surface area contributed by atoms with E-state index in [2.05, 4.69) is 50.3 Å². The summed E-state index contributed by atoms with van der Waals surface area (Å²) < 4.78 is 0. The molecule has 0 N–H and O–H groups in total. The molecule has 0 spiro atoms. The Hall–Kier alpha value is -1.63. The summed E-state index contributed by atoms with van der Waals surface area (Å²) in [5.41, 5.74) is 4.18. The van der Waals surface area contributed by atoms with Crippen molar-refractivity contribution in [1.29, 1.82) is 0 Å². The smallest absolute Gasteiger partial charge is 0.156 e. The van der Waals surface area contributed by atoms with Gasteiger partial charge in [-0.3, -0.25) is 4.79 Å². The number of hydrogen-bond donors (Lipinski definition) is 0. The zero-order valence-electron chi connectivity index (χ0n) is 13.1. The number of allylic oxidation sites excluding steroid dienone is 4. The van der Waals surface area contributed by atoms with Crippen LogP contribution in [0.15, 0.2) is 53.6 Å². The minimum atomic E-state index is 0.0874. The maximum absolute atomic E-state index is 12.3. The van der Waals surface area contributed by atoms with Gasteiger partial charge in [0.15, 0.2) is 5.78 Å². The van der Waals surface area contributed by atoms with Crippen LogP contribution in [0.5, 0.6) is 0 Å². The first-order valence-corrected chi connectivity index (χ1v) is 8.01. The summed E-state index contributed by atoms with van der Waals surface area (Å²) in [6, 6.07) is 10.6. The lowest BCUT2D eigenvalue weighted by Gasteiger charge is -2.40. The Morgan fingerprint density at radius 1 is 1.19 bits per heavy atom. The summed E-state index contributed by atoms with van der Waals surface area (Å²) in [6.45, 7) is 4.36. The van der Waals surface area contributed by atoms with E-state index in [1.165, 1.54) is 16.7 Å². The number of fused-ring (bicyclic) bond motifs is 2. The lowest BCUT2D eigenvalue weighted by Crippen LogP contribution is -2.30. The van der Waals surface area contributed by atoms with Gasteiger partial charge in [0.25, 0.3) is 0 Å². The van der Waals surface area contributed by atoms with Gasteiger partial charge in [-0.05, 0) is 62.5 Å². The molecule has 0 aromatic heterocycles. The van der Waals surface area contributed by atoms with Crippen molar-refractivity contribution in [3.63, 3.8) is 0 Å². The van der Waals surface area contributed by atoms with Gasteiger partial charge in [0.2, 0.25) is 0 Å². The normalized spacial score (nSPS) is 28.7. The highest BCUT2D eigenvalue weighted by Crippen LogP contribution is 2.49. The molecule has 21 heavy (non-hydrogen) atoms. The molecule has 0 fully saturated rings. The molecule has 0 saturated carbocycles. The number of carbonyl (C=O) groups is 1. The van der Waals surface area contributed by atoms with Gasteiger partial charge in [-0.2, -0.15) is 0 Å². The quantitative estimate of drug-likeness (QED) is 0.721. The first-order chi connectivity index (χ1) is 10.1. The third-order valence-electron chi connectivity index (χ3n) is 5.46. The number of benzene rings is 1. The van der Waals surface area contributed by atoms with E-state index in [1.54, 1.807) is 0 Å². The lowest BCUT2D eigenvalue weighted by molar-refractivity contribution is -0.116. The van der Waals surface area contributed by atoms with Crippen LogP contribution in [0, 0.1) is 11.3 Å². The molecule has 0 radical (unpaired) electrons. The topological polar surface area (TPSA) is 17.1 Å². The summed E-state index contributed by atoms with van der Waals surface area (Å²) in [5.74, 6) is 0.883. The molecule has 110 valence electrons. The van der Waals surface area contributed by atoms with Crippen molar-refractivity contribution in [2.45, 2.75) is 46.0 Å². The van der Waals surface area contributed by atoms with E-state index >= 15 is 0 Å².